The SMILES string of the molecule is CCCCCC(C)(C)CCNC(C)C. The molecule has 0 radical (unpaired) electrons. The lowest BCUT2D eigenvalue weighted by molar-refractivity contribution is 0.287. The Morgan fingerprint density at radius 2 is 1.71 bits per heavy atom. The van der Waals surface area contributed by atoms with Crippen LogP contribution in [0, 0.1) is 5.41 Å². The molecule has 1 heteroatoms. The molecule has 0 saturated carbocycles. The van der Waals surface area contributed by atoms with Crippen molar-refractivity contribution in [2.75, 3.05) is 6.54 Å². The fourth-order valence-electron chi connectivity index (χ4n) is 1.68. The number of rotatable bonds is 8. The van der Waals surface area contributed by atoms with Crippen LogP contribution in [0.4, 0.5) is 0 Å². The van der Waals surface area contributed by atoms with Crippen molar-refractivity contribution in [3.8, 4) is 0 Å². The highest BCUT2D eigenvalue weighted by atomic mass is 14.9. The van der Waals surface area contributed by atoms with Gasteiger partial charge in [0.1, 0.15) is 0 Å². The van der Waals surface area contributed by atoms with Crippen LogP contribution in [0.5, 0.6) is 0 Å². The molecule has 0 spiro atoms. The Hall–Kier alpha value is -0.0400. The fraction of sp³-hybridized carbons (Fsp3) is 1.00. The smallest absolute Gasteiger partial charge is 0.00103 e. The fourth-order valence-corrected chi connectivity index (χ4v) is 1.68. The predicted octanol–water partition coefficient (Wildman–Crippen LogP) is 3.98. The lowest BCUT2D eigenvalue weighted by Crippen LogP contribution is -2.27. The largest absolute Gasteiger partial charge is 0.315 e. The summed E-state index contributed by atoms with van der Waals surface area (Å²) in [7, 11) is 0. The molecule has 14 heavy (non-hydrogen) atoms. The molecule has 0 aromatic rings. The van der Waals surface area contributed by atoms with Gasteiger partial charge in [0, 0.05) is 6.04 Å². The quantitative estimate of drug-likeness (QED) is 0.583. The van der Waals surface area contributed by atoms with E-state index in [1.807, 2.05) is 0 Å². The van der Waals surface area contributed by atoms with Crippen LogP contribution >= 0.6 is 0 Å². The first-order chi connectivity index (χ1) is 6.48. The van der Waals surface area contributed by atoms with Crippen molar-refractivity contribution in [2.45, 2.75) is 72.8 Å². The minimum absolute atomic E-state index is 0.525. The van der Waals surface area contributed by atoms with E-state index < -0.39 is 0 Å². The highest BCUT2D eigenvalue weighted by Gasteiger charge is 2.16. The van der Waals surface area contributed by atoms with Crippen LogP contribution in [0.2, 0.25) is 0 Å². The lowest BCUT2D eigenvalue weighted by atomic mass is 9.83. The molecule has 0 aliphatic heterocycles. The van der Waals surface area contributed by atoms with E-state index in [1.54, 1.807) is 0 Å². The summed E-state index contributed by atoms with van der Waals surface area (Å²) in [5.74, 6) is 0. The van der Waals surface area contributed by atoms with Crippen molar-refractivity contribution in [3.63, 3.8) is 0 Å². The molecule has 86 valence electrons. The van der Waals surface area contributed by atoms with E-state index in [0.29, 0.717) is 11.5 Å². The second-order valence-electron chi connectivity index (χ2n) is 5.48. The van der Waals surface area contributed by atoms with Gasteiger partial charge in [0.15, 0.2) is 0 Å². The summed E-state index contributed by atoms with van der Waals surface area (Å²) in [4.78, 5) is 0. The molecule has 0 aromatic heterocycles. The van der Waals surface area contributed by atoms with Crippen molar-refractivity contribution in [2.24, 2.45) is 5.41 Å². The van der Waals surface area contributed by atoms with Gasteiger partial charge in [0.05, 0.1) is 0 Å². The first-order valence-corrected chi connectivity index (χ1v) is 6.21. The van der Waals surface area contributed by atoms with Crippen LogP contribution in [-0.2, 0) is 0 Å². The summed E-state index contributed by atoms with van der Waals surface area (Å²) in [6, 6.07) is 0.626. The molecular weight excluding hydrogens is 170 g/mol. The van der Waals surface area contributed by atoms with Gasteiger partial charge < -0.3 is 5.32 Å². The van der Waals surface area contributed by atoms with E-state index in [4.69, 9.17) is 0 Å². The van der Waals surface area contributed by atoms with Crippen LogP contribution < -0.4 is 5.32 Å². The maximum Gasteiger partial charge on any atom is 0.00103 e. The predicted molar refractivity (Wildman–Crippen MR) is 65.7 cm³/mol. The Morgan fingerprint density at radius 3 is 2.21 bits per heavy atom. The molecular formula is C13H29N. The van der Waals surface area contributed by atoms with Gasteiger partial charge in [-0.25, -0.2) is 0 Å². The normalized spacial score (nSPS) is 12.4. The van der Waals surface area contributed by atoms with Crippen LogP contribution in [-0.4, -0.2) is 12.6 Å². The van der Waals surface area contributed by atoms with Gasteiger partial charge in [-0.2, -0.15) is 0 Å². The molecule has 1 nitrogen and oxygen atoms in total. The summed E-state index contributed by atoms with van der Waals surface area (Å²) < 4.78 is 0. The number of nitrogens with one attached hydrogen (secondary N) is 1. The van der Waals surface area contributed by atoms with Gasteiger partial charge in [-0.05, 0) is 24.8 Å². The maximum atomic E-state index is 3.49. The van der Waals surface area contributed by atoms with Crippen LogP contribution in [0.25, 0.3) is 0 Å². The number of hydrogen-bond donors (Lipinski definition) is 1. The van der Waals surface area contributed by atoms with E-state index in [9.17, 15) is 0 Å². The summed E-state index contributed by atoms with van der Waals surface area (Å²) in [6.07, 6.45) is 6.79. The minimum Gasteiger partial charge on any atom is -0.315 e. The third-order valence-corrected chi connectivity index (χ3v) is 2.81. The molecule has 0 aliphatic carbocycles. The standard InChI is InChI=1S/C13H29N/c1-6-7-8-9-13(4,5)10-11-14-12(2)3/h12,14H,6-11H2,1-5H3. The second kappa shape index (κ2) is 7.28. The van der Waals surface area contributed by atoms with E-state index in [-0.39, 0.29) is 0 Å². The van der Waals surface area contributed by atoms with Crippen LogP contribution in [0.3, 0.4) is 0 Å². The van der Waals surface area contributed by atoms with Crippen molar-refractivity contribution in [3.05, 3.63) is 0 Å². The summed E-state index contributed by atoms with van der Waals surface area (Å²) in [6.45, 7) is 12.6. The molecule has 0 saturated heterocycles. The van der Waals surface area contributed by atoms with Gasteiger partial charge >= 0.3 is 0 Å². The van der Waals surface area contributed by atoms with E-state index in [1.165, 1.54) is 32.1 Å². The monoisotopic (exact) mass is 199 g/mol. The Kier molecular flexibility index (Phi) is 7.26. The Bertz CT molecular complexity index is 127. The summed E-state index contributed by atoms with van der Waals surface area (Å²) >= 11 is 0. The molecule has 0 amide bonds. The third-order valence-electron chi connectivity index (χ3n) is 2.81. The molecule has 0 atom stereocenters. The van der Waals surface area contributed by atoms with Crippen molar-refractivity contribution in [1.82, 2.24) is 5.32 Å². The highest BCUT2D eigenvalue weighted by molar-refractivity contribution is 4.70. The summed E-state index contributed by atoms with van der Waals surface area (Å²) in [5, 5.41) is 3.49. The van der Waals surface area contributed by atoms with E-state index in [2.05, 4.69) is 39.9 Å². The van der Waals surface area contributed by atoms with Gasteiger partial charge in [0.25, 0.3) is 0 Å². The average Bonchev–Trinajstić information content (AvgIpc) is 2.03. The van der Waals surface area contributed by atoms with Gasteiger partial charge in [-0.1, -0.05) is 53.9 Å². The van der Waals surface area contributed by atoms with Crippen molar-refractivity contribution < 1.29 is 0 Å². The topological polar surface area (TPSA) is 12.0 Å². The molecule has 0 unspecified atom stereocenters. The molecule has 0 rings (SSSR count). The maximum absolute atomic E-state index is 3.49. The van der Waals surface area contributed by atoms with Gasteiger partial charge in [0.2, 0.25) is 0 Å². The number of unbranched alkanes of at least 4 members (excludes halogenated alkanes) is 2. The molecule has 1 N–H and O–H groups in total. The zero-order valence-corrected chi connectivity index (χ0v) is 10.8. The third kappa shape index (κ3) is 8.55. The van der Waals surface area contributed by atoms with Crippen molar-refractivity contribution in [1.29, 1.82) is 0 Å². The van der Waals surface area contributed by atoms with Crippen LogP contribution in [0.1, 0.15) is 66.7 Å². The second-order valence-corrected chi connectivity index (χ2v) is 5.48. The molecule has 0 aliphatic rings. The Labute approximate surface area is 90.7 Å². The zero-order valence-electron chi connectivity index (χ0n) is 10.8. The van der Waals surface area contributed by atoms with Crippen LogP contribution in [0.15, 0.2) is 0 Å². The van der Waals surface area contributed by atoms with E-state index >= 15 is 0 Å². The average molecular weight is 199 g/mol. The van der Waals surface area contributed by atoms with Gasteiger partial charge in [-0.15, -0.1) is 0 Å². The molecule has 0 heterocycles. The zero-order chi connectivity index (χ0) is 11.0. The Balaban J connectivity index is 3.50. The molecule has 0 fully saturated rings. The number of hydrogen-bond acceptors (Lipinski definition) is 1. The van der Waals surface area contributed by atoms with E-state index in [0.717, 1.165) is 6.54 Å². The summed E-state index contributed by atoms with van der Waals surface area (Å²) in [5.41, 5.74) is 0.525. The molecule has 0 aromatic carbocycles. The Morgan fingerprint density at radius 1 is 1.07 bits per heavy atom. The lowest BCUT2D eigenvalue weighted by Gasteiger charge is -2.25. The molecule has 0 bridgehead atoms. The van der Waals surface area contributed by atoms with Gasteiger partial charge in [-0.3, -0.25) is 0 Å². The van der Waals surface area contributed by atoms with Crippen molar-refractivity contribution >= 4 is 0 Å². The first-order valence-electron chi connectivity index (χ1n) is 6.21. The first kappa shape index (κ1) is 14.0. The minimum atomic E-state index is 0.525. The highest BCUT2D eigenvalue weighted by Crippen LogP contribution is 2.27.